The van der Waals surface area contributed by atoms with Gasteiger partial charge in [0.1, 0.15) is 5.69 Å². The number of fused-ring (bicyclic) bond motifs is 1. The number of carbonyl (C=O) groups excluding carboxylic acids is 1. The average Bonchev–Trinajstić information content (AvgIpc) is 3.03. The Morgan fingerprint density at radius 1 is 1.10 bits per heavy atom. The number of H-pyrrole nitrogens is 1. The van der Waals surface area contributed by atoms with E-state index in [1.165, 1.54) is 0 Å². The van der Waals surface area contributed by atoms with Crippen molar-refractivity contribution in [3.63, 3.8) is 0 Å². The van der Waals surface area contributed by atoms with E-state index in [0.29, 0.717) is 10.6 Å². The van der Waals surface area contributed by atoms with Crippen LogP contribution in [0.4, 0.5) is 0 Å². The van der Waals surface area contributed by atoms with Crippen LogP contribution in [-0.2, 0) is 19.0 Å². The topological polar surface area (TPSA) is 76.2 Å². The Balaban J connectivity index is 2.09. The van der Waals surface area contributed by atoms with E-state index in [-0.39, 0.29) is 16.9 Å². The van der Waals surface area contributed by atoms with E-state index in [4.69, 9.17) is 4.74 Å². The van der Waals surface area contributed by atoms with E-state index in [2.05, 4.69) is 4.98 Å². The van der Waals surface area contributed by atoms with Gasteiger partial charge in [-0.2, -0.15) is 0 Å². The molecule has 0 fully saturated rings. The SMILES string of the molecule is CCOC(=O)c1cc2cc(SS(=O)(=O)c3ccc(C)cc3)c(C(C)(C)C)cc2[nH]1. The summed E-state index contributed by atoms with van der Waals surface area (Å²) in [6.45, 7) is 10.1. The lowest BCUT2D eigenvalue weighted by Crippen LogP contribution is -2.13. The summed E-state index contributed by atoms with van der Waals surface area (Å²) in [5.41, 5.74) is 2.74. The van der Waals surface area contributed by atoms with Crippen molar-refractivity contribution >= 4 is 36.5 Å². The minimum absolute atomic E-state index is 0.273. The molecule has 154 valence electrons. The van der Waals surface area contributed by atoms with Gasteiger partial charge in [0, 0.05) is 26.6 Å². The number of aromatic nitrogens is 1. The van der Waals surface area contributed by atoms with Crippen LogP contribution in [0.15, 0.2) is 52.3 Å². The molecule has 1 N–H and O–H groups in total. The number of benzene rings is 2. The molecule has 0 spiro atoms. The van der Waals surface area contributed by atoms with Gasteiger partial charge in [-0.25, -0.2) is 13.2 Å². The molecule has 0 saturated carbocycles. The summed E-state index contributed by atoms with van der Waals surface area (Å²) in [7, 11) is -2.74. The highest BCUT2D eigenvalue weighted by Crippen LogP contribution is 2.40. The van der Waals surface area contributed by atoms with Gasteiger partial charge in [-0.15, -0.1) is 0 Å². The molecule has 0 aliphatic carbocycles. The minimum Gasteiger partial charge on any atom is -0.461 e. The molecule has 0 aliphatic heterocycles. The van der Waals surface area contributed by atoms with Crippen LogP contribution in [0.5, 0.6) is 0 Å². The second-order valence-corrected chi connectivity index (χ2v) is 11.7. The number of carbonyl (C=O) groups is 1. The predicted molar refractivity (Wildman–Crippen MR) is 117 cm³/mol. The maximum atomic E-state index is 13.0. The van der Waals surface area contributed by atoms with Crippen LogP contribution in [0, 0.1) is 6.92 Å². The number of rotatable bonds is 5. The molecule has 29 heavy (non-hydrogen) atoms. The fourth-order valence-electron chi connectivity index (χ4n) is 3.00. The molecule has 0 radical (unpaired) electrons. The Hall–Kier alpha value is -2.25. The molecule has 3 aromatic rings. The number of esters is 1. The molecule has 1 heterocycles. The van der Waals surface area contributed by atoms with E-state index in [9.17, 15) is 13.2 Å². The first-order valence-electron chi connectivity index (χ1n) is 9.37. The molecule has 0 atom stereocenters. The molecule has 3 rings (SSSR count). The highest BCUT2D eigenvalue weighted by molar-refractivity contribution is 8.72. The Bertz CT molecular complexity index is 1150. The number of aryl methyl sites for hydroxylation is 1. The van der Waals surface area contributed by atoms with Crippen molar-refractivity contribution in [3.05, 3.63) is 59.3 Å². The first-order valence-corrected chi connectivity index (χ1v) is 12.2. The molecule has 7 heteroatoms. The van der Waals surface area contributed by atoms with Crippen LogP contribution in [0.3, 0.4) is 0 Å². The van der Waals surface area contributed by atoms with Crippen molar-refractivity contribution in [2.45, 2.75) is 49.8 Å². The van der Waals surface area contributed by atoms with Gasteiger partial charge >= 0.3 is 5.97 Å². The molecule has 5 nitrogen and oxygen atoms in total. The normalized spacial score (nSPS) is 12.3. The van der Waals surface area contributed by atoms with Crippen molar-refractivity contribution in [2.75, 3.05) is 6.61 Å². The third-order valence-corrected chi connectivity index (χ3v) is 7.89. The zero-order valence-electron chi connectivity index (χ0n) is 17.2. The van der Waals surface area contributed by atoms with Gasteiger partial charge < -0.3 is 9.72 Å². The first kappa shape index (κ1) is 21.5. The van der Waals surface area contributed by atoms with E-state index in [1.54, 1.807) is 37.3 Å². The minimum atomic E-state index is -3.58. The molecule has 0 amide bonds. The van der Waals surface area contributed by atoms with Crippen molar-refractivity contribution in [1.29, 1.82) is 0 Å². The van der Waals surface area contributed by atoms with Crippen molar-refractivity contribution in [1.82, 2.24) is 4.98 Å². The van der Waals surface area contributed by atoms with Crippen LogP contribution < -0.4 is 0 Å². The van der Waals surface area contributed by atoms with Gasteiger partial charge in [-0.1, -0.05) is 38.5 Å². The second-order valence-electron chi connectivity index (χ2n) is 7.94. The van der Waals surface area contributed by atoms with Crippen molar-refractivity contribution < 1.29 is 17.9 Å². The van der Waals surface area contributed by atoms with Gasteiger partial charge in [0.25, 0.3) is 0 Å². The van der Waals surface area contributed by atoms with E-state index in [0.717, 1.165) is 32.8 Å². The number of nitrogens with one attached hydrogen (secondary N) is 1. The number of ether oxygens (including phenoxy) is 1. The summed E-state index contributed by atoms with van der Waals surface area (Å²) in [6, 6.07) is 12.3. The van der Waals surface area contributed by atoms with Crippen LogP contribution >= 0.6 is 10.8 Å². The summed E-state index contributed by atoms with van der Waals surface area (Å²) in [6.07, 6.45) is 0. The molecule has 0 bridgehead atoms. The fourth-order valence-corrected chi connectivity index (χ4v) is 6.18. The standard InChI is InChI=1S/C22H25NO4S2/c1-6-27-21(24)19-11-15-12-20(17(22(3,4)5)13-18(15)23-19)28-29(25,26)16-9-7-14(2)8-10-16/h7-13,23H,6H2,1-5H3. The maximum Gasteiger partial charge on any atom is 0.354 e. The van der Waals surface area contributed by atoms with E-state index in [1.807, 2.05) is 39.8 Å². The van der Waals surface area contributed by atoms with Gasteiger partial charge in [-0.3, -0.25) is 0 Å². The number of hydrogen-bond donors (Lipinski definition) is 1. The summed E-state index contributed by atoms with van der Waals surface area (Å²) < 4.78 is 31.1. The second kappa shape index (κ2) is 7.88. The van der Waals surface area contributed by atoms with Gasteiger partial charge in [0.2, 0.25) is 8.87 Å². The average molecular weight is 432 g/mol. The highest BCUT2D eigenvalue weighted by Gasteiger charge is 2.25. The Morgan fingerprint density at radius 2 is 1.76 bits per heavy atom. The van der Waals surface area contributed by atoms with Crippen LogP contribution in [0.25, 0.3) is 10.9 Å². The first-order chi connectivity index (χ1) is 13.5. The third-order valence-electron chi connectivity index (χ3n) is 4.53. The summed E-state index contributed by atoms with van der Waals surface area (Å²) >= 11 is 0. The molecule has 1 aromatic heterocycles. The Kier molecular flexibility index (Phi) is 5.83. The quantitative estimate of drug-likeness (QED) is 0.430. The number of aromatic amines is 1. The highest BCUT2D eigenvalue weighted by atomic mass is 33.1. The Labute approximate surface area is 175 Å². The van der Waals surface area contributed by atoms with E-state index < -0.39 is 14.8 Å². The number of hydrogen-bond acceptors (Lipinski definition) is 5. The summed E-state index contributed by atoms with van der Waals surface area (Å²) in [4.78, 5) is 16.1. The van der Waals surface area contributed by atoms with E-state index >= 15 is 0 Å². The van der Waals surface area contributed by atoms with Gasteiger partial charge in [0.05, 0.1) is 11.5 Å². The fraction of sp³-hybridized carbons (Fsp3) is 0.318. The zero-order valence-corrected chi connectivity index (χ0v) is 18.8. The van der Waals surface area contributed by atoms with Crippen molar-refractivity contribution in [3.8, 4) is 0 Å². The molecular weight excluding hydrogens is 406 g/mol. The Morgan fingerprint density at radius 3 is 2.34 bits per heavy atom. The zero-order chi connectivity index (χ0) is 21.4. The molecule has 2 aromatic carbocycles. The lowest BCUT2D eigenvalue weighted by molar-refractivity contribution is 0.0520. The predicted octanol–water partition coefficient (Wildman–Crippen LogP) is 5.43. The van der Waals surface area contributed by atoms with Gasteiger partial charge in [0.15, 0.2) is 0 Å². The van der Waals surface area contributed by atoms with Gasteiger partial charge in [-0.05, 0) is 55.2 Å². The van der Waals surface area contributed by atoms with Crippen molar-refractivity contribution in [2.24, 2.45) is 0 Å². The third kappa shape index (κ3) is 4.67. The monoisotopic (exact) mass is 431 g/mol. The summed E-state index contributed by atoms with van der Waals surface area (Å²) in [5.74, 6) is -0.428. The lowest BCUT2D eigenvalue weighted by Gasteiger charge is -2.22. The largest absolute Gasteiger partial charge is 0.461 e. The molecule has 0 saturated heterocycles. The van der Waals surface area contributed by atoms with Crippen LogP contribution in [-0.4, -0.2) is 26.0 Å². The van der Waals surface area contributed by atoms with Crippen LogP contribution in [0.1, 0.15) is 49.3 Å². The smallest absolute Gasteiger partial charge is 0.354 e. The lowest BCUT2D eigenvalue weighted by atomic mass is 9.86. The molecule has 0 unspecified atom stereocenters. The van der Waals surface area contributed by atoms with Crippen LogP contribution in [0.2, 0.25) is 0 Å². The maximum absolute atomic E-state index is 13.0. The summed E-state index contributed by atoms with van der Waals surface area (Å²) in [5, 5.41) is 0.766. The molecule has 0 aliphatic rings. The molecular formula is C22H25NO4S2.